The molecule has 3 aromatic carbocycles. The van der Waals surface area contributed by atoms with Gasteiger partial charge >= 0.3 is 6.09 Å². The number of carbonyl (C=O) groups excluding carboxylic acids is 2. The number of amides is 2. The molecule has 268 valence electrons. The Morgan fingerprint density at radius 1 is 0.941 bits per heavy atom. The summed E-state index contributed by atoms with van der Waals surface area (Å²) in [6, 6.07) is 27.8. The molecule has 2 atom stereocenters. The molecule has 0 spiro atoms. The van der Waals surface area contributed by atoms with E-state index in [1.165, 1.54) is 16.2 Å². The molecule has 1 N–H and O–H groups in total. The average molecular weight is 731 g/mol. The van der Waals surface area contributed by atoms with Crippen molar-refractivity contribution in [3.05, 3.63) is 106 Å². The first kappa shape index (κ1) is 35.3. The summed E-state index contributed by atoms with van der Waals surface area (Å²) in [7, 11) is -2.33. The van der Waals surface area contributed by atoms with E-state index in [1.807, 2.05) is 54.6 Å². The monoisotopic (exact) mass is 730 g/mol. The number of rotatable bonds is 10. The van der Waals surface area contributed by atoms with Gasteiger partial charge in [-0.1, -0.05) is 72.8 Å². The van der Waals surface area contributed by atoms with Crippen LogP contribution in [-0.2, 0) is 45.0 Å². The minimum absolute atomic E-state index is 0.0135. The highest BCUT2D eigenvalue weighted by molar-refractivity contribution is 7.92. The summed E-state index contributed by atoms with van der Waals surface area (Å²) < 4.78 is 44.0. The van der Waals surface area contributed by atoms with Gasteiger partial charge in [0, 0.05) is 48.9 Å². The van der Waals surface area contributed by atoms with E-state index in [9.17, 15) is 18.0 Å². The van der Waals surface area contributed by atoms with Crippen molar-refractivity contribution in [1.82, 2.24) is 10.4 Å². The van der Waals surface area contributed by atoms with Gasteiger partial charge in [-0.3, -0.25) is 4.79 Å². The molecule has 7 rings (SSSR count). The zero-order valence-electron chi connectivity index (χ0n) is 28.5. The van der Waals surface area contributed by atoms with Crippen LogP contribution in [0, 0.1) is 0 Å². The molecule has 51 heavy (non-hydrogen) atoms. The Bertz CT molecular complexity index is 1930. The Balaban J connectivity index is 1.11. The fourth-order valence-electron chi connectivity index (χ4n) is 7.34. The average Bonchev–Trinajstić information content (AvgIpc) is 3.74. The summed E-state index contributed by atoms with van der Waals surface area (Å²) in [5.41, 5.74) is 8.85. The number of nitrogens with one attached hydrogen (secondary N) is 1. The standard InChI is InChI=1S/C39H42N2O8S2/c1-46-25-27-13-15-28(16-14-27)34-17-18-35(50-34)39(24-36(42)40-49-37-12-6-7-22-47-37)19-20-41(21-23-51(39,44)45)38(43)48-26-33-31-10-4-2-8-29(31)30-9-3-5-11-32(30)33/h2-5,8-11,13-18,33,37H,6-7,12,19-26H2,1H3,(H,40,42). The molecule has 2 aliphatic heterocycles. The Morgan fingerprint density at radius 2 is 1.67 bits per heavy atom. The largest absolute Gasteiger partial charge is 0.448 e. The van der Waals surface area contributed by atoms with Gasteiger partial charge in [0.2, 0.25) is 5.91 Å². The highest BCUT2D eigenvalue weighted by Crippen LogP contribution is 2.46. The third kappa shape index (κ3) is 7.33. The number of nitrogens with zero attached hydrogens (tertiary/aromatic N) is 1. The number of fused-ring (bicyclic) bond motifs is 3. The lowest BCUT2D eigenvalue weighted by atomic mass is 9.97. The molecule has 4 aromatic rings. The van der Waals surface area contributed by atoms with E-state index in [2.05, 4.69) is 29.7 Å². The Morgan fingerprint density at radius 3 is 2.35 bits per heavy atom. The molecular formula is C39H42N2O8S2. The summed E-state index contributed by atoms with van der Waals surface area (Å²) >= 11 is 1.34. The lowest BCUT2D eigenvalue weighted by Gasteiger charge is -2.31. The van der Waals surface area contributed by atoms with E-state index >= 15 is 0 Å². The molecule has 0 radical (unpaired) electrons. The number of hydroxylamine groups is 1. The van der Waals surface area contributed by atoms with E-state index in [0.717, 1.165) is 51.1 Å². The molecule has 10 nitrogen and oxygen atoms in total. The molecule has 3 heterocycles. The molecule has 2 amide bonds. The first-order valence-corrected chi connectivity index (χ1v) is 19.8. The van der Waals surface area contributed by atoms with Crippen LogP contribution in [-0.4, -0.2) is 70.8 Å². The number of hydrogen-bond donors (Lipinski definition) is 1. The van der Waals surface area contributed by atoms with Crippen LogP contribution in [0.3, 0.4) is 0 Å². The van der Waals surface area contributed by atoms with Crippen LogP contribution in [0.1, 0.15) is 59.6 Å². The maximum atomic E-state index is 14.4. The van der Waals surface area contributed by atoms with Gasteiger partial charge in [-0.15, -0.1) is 11.3 Å². The van der Waals surface area contributed by atoms with Gasteiger partial charge in [0.15, 0.2) is 16.1 Å². The summed E-state index contributed by atoms with van der Waals surface area (Å²) in [5, 5.41) is 0. The van der Waals surface area contributed by atoms with Gasteiger partial charge in [-0.2, -0.15) is 0 Å². The van der Waals surface area contributed by atoms with Crippen molar-refractivity contribution in [1.29, 1.82) is 0 Å². The van der Waals surface area contributed by atoms with Crippen LogP contribution in [0.2, 0.25) is 0 Å². The van der Waals surface area contributed by atoms with E-state index < -0.39 is 32.9 Å². The molecule has 3 aliphatic rings. The van der Waals surface area contributed by atoms with Crippen molar-refractivity contribution >= 4 is 33.2 Å². The number of carbonyl (C=O) groups is 2. The van der Waals surface area contributed by atoms with Crippen molar-refractivity contribution in [2.45, 2.75) is 55.7 Å². The van der Waals surface area contributed by atoms with Crippen molar-refractivity contribution < 1.29 is 37.1 Å². The van der Waals surface area contributed by atoms with E-state index in [4.69, 9.17) is 19.0 Å². The molecule has 1 aromatic heterocycles. The number of benzene rings is 3. The summed E-state index contributed by atoms with van der Waals surface area (Å²) in [4.78, 5) is 35.6. The number of hydrogen-bond acceptors (Lipinski definition) is 9. The van der Waals surface area contributed by atoms with E-state index in [1.54, 1.807) is 13.2 Å². The van der Waals surface area contributed by atoms with Crippen molar-refractivity contribution in [3.63, 3.8) is 0 Å². The highest BCUT2D eigenvalue weighted by Gasteiger charge is 2.50. The first-order chi connectivity index (χ1) is 24.8. The molecule has 1 aliphatic carbocycles. The zero-order valence-corrected chi connectivity index (χ0v) is 30.2. The normalized spacial score (nSPS) is 21.4. The van der Waals surface area contributed by atoms with Crippen LogP contribution in [0.5, 0.6) is 0 Å². The second-order valence-corrected chi connectivity index (χ2v) is 16.8. The zero-order chi connectivity index (χ0) is 35.4. The second-order valence-electron chi connectivity index (χ2n) is 13.3. The molecule has 2 fully saturated rings. The Kier molecular flexibility index (Phi) is 10.6. The van der Waals surface area contributed by atoms with Crippen LogP contribution in [0.4, 0.5) is 4.79 Å². The van der Waals surface area contributed by atoms with Crippen LogP contribution >= 0.6 is 11.3 Å². The van der Waals surface area contributed by atoms with Gasteiger partial charge in [0.25, 0.3) is 0 Å². The van der Waals surface area contributed by atoms with Gasteiger partial charge in [-0.05, 0) is 64.8 Å². The number of sulfone groups is 1. The van der Waals surface area contributed by atoms with Crippen molar-refractivity contribution in [2.75, 3.05) is 39.2 Å². The van der Waals surface area contributed by atoms with Gasteiger partial charge in [-0.25, -0.2) is 23.5 Å². The third-order valence-electron chi connectivity index (χ3n) is 10.1. The predicted octanol–water partition coefficient (Wildman–Crippen LogP) is 6.79. The lowest BCUT2D eigenvalue weighted by Crippen LogP contribution is -2.43. The van der Waals surface area contributed by atoms with Gasteiger partial charge < -0.3 is 19.1 Å². The molecule has 12 heteroatoms. The summed E-state index contributed by atoms with van der Waals surface area (Å²) in [6.07, 6.45) is 0.958. The van der Waals surface area contributed by atoms with Crippen molar-refractivity contribution in [2.24, 2.45) is 0 Å². The maximum absolute atomic E-state index is 14.4. The molecule has 0 saturated carbocycles. The Labute approximate surface area is 302 Å². The molecular weight excluding hydrogens is 689 g/mol. The molecule has 2 unspecified atom stereocenters. The smallest absolute Gasteiger partial charge is 0.409 e. The SMILES string of the molecule is COCc1ccc(-c2ccc(C3(CC(=O)NOC4CCCCO4)CCN(C(=O)OCC4c5ccccc5-c5ccccc54)CCS3(=O)=O)s2)cc1. The second kappa shape index (κ2) is 15.3. The van der Waals surface area contributed by atoms with E-state index in [0.29, 0.717) is 24.5 Å². The number of thiophene rings is 1. The number of methoxy groups -OCH3 is 1. The van der Waals surface area contributed by atoms with Crippen LogP contribution in [0.15, 0.2) is 84.9 Å². The highest BCUT2D eigenvalue weighted by atomic mass is 32.2. The first-order valence-electron chi connectivity index (χ1n) is 17.3. The summed E-state index contributed by atoms with van der Waals surface area (Å²) in [6.45, 7) is 1.19. The predicted molar refractivity (Wildman–Crippen MR) is 195 cm³/mol. The van der Waals surface area contributed by atoms with Gasteiger partial charge in [0.1, 0.15) is 11.4 Å². The molecule has 2 saturated heterocycles. The third-order valence-corrected chi connectivity index (χ3v) is 14.0. The fourth-order valence-corrected chi connectivity index (χ4v) is 10.9. The van der Waals surface area contributed by atoms with Crippen molar-refractivity contribution in [3.8, 4) is 21.6 Å². The topological polar surface area (TPSA) is 120 Å². The Hall–Kier alpha value is -4.07. The fraction of sp³-hybridized carbons (Fsp3) is 0.385. The van der Waals surface area contributed by atoms with Gasteiger partial charge in [0.05, 0.1) is 18.8 Å². The number of ether oxygens (including phenoxy) is 3. The maximum Gasteiger partial charge on any atom is 0.409 e. The van der Waals surface area contributed by atoms with Crippen LogP contribution < -0.4 is 5.48 Å². The molecule has 0 bridgehead atoms. The minimum Gasteiger partial charge on any atom is -0.448 e. The van der Waals surface area contributed by atoms with Crippen LogP contribution in [0.25, 0.3) is 21.6 Å². The minimum atomic E-state index is -3.98. The quantitative estimate of drug-likeness (QED) is 0.177. The summed E-state index contributed by atoms with van der Waals surface area (Å²) in [5.74, 6) is -1.02. The van der Waals surface area contributed by atoms with E-state index in [-0.39, 0.29) is 44.2 Å². The lowest BCUT2D eigenvalue weighted by molar-refractivity contribution is -0.200.